The van der Waals surface area contributed by atoms with E-state index < -0.39 is 5.97 Å². The number of esters is 1. The standard InChI is InChI=1S/C12H19N3O3/c1-3-9-10(13)11(15(2)14-9)12(16)18-7-17-6-8-4-5-8/h8H,3-7,13H2,1-2H3. The summed E-state index contributed by atoms with van der Waals surface area (Å²) >= 11 is 0. The van der Waals surface area contributed by atoms with Crippen molar-refractivity contribution < 1.29 is 14.3 Å². The van der Waals surface area contributed by atoms with E-state index in [1.54, 1.807) is 7.05 Å². The number of carbonyl (C=O) groups excluding carboxylic acids is 1. The first kappa shape index (κ1) is 12.9. The van der Waals surface area contributed by atoms with E-state index in [2.05, 4.69) is 5.10 Å². The van der Waals surface area contributed by atoms with Gasteiger partial charge in [0.2, 0.25) is 0 Å². The number of anilines is 1. The molecule has 0 spiro atoms. The number of rotatable bonds is 6. The van der Waals surface area contributed by atoms with Crippen molar-refractivity contribution >= 4 is 11.7 Å². The number of carbonyl (C=O) groups is 1. The van der Waals surface area contributed by atoms with E-state index in [-0.39, 0.29) is 6.79 Å². The summed E-state index contributed by atoms with van der Waals surface area (Å²) in [5.41, 5.74) is 7.25. The number of ether oxygens (including phenoxy) is 2. The van der Waals surface area contributed by atoms with Crippen LogP contribution in [0.1, 0.15) is 35.9 Å². The lowest BCUT2D eigenvalue weighted by atomic mass is 10.2. The van der Waals surface area contributed by atoms with Gasteiger partial charge in [-0.3, -0.25) is 4.68 Å². The monoisotopic (exact) mass is 253 g/mol. The average molecular weight is 253 g/mol. The second kappa shape index (κ2) is 5.39. The highest BCUT2D eigenvalue weighted by molar-refractivity contribution is 5.93. The first-order valence-corrected chi connectivity index (χ1v) is 6.19. The minimum absolute atomic E-state index is 0.0264. The SMILES string of the molecule is CCc1nn(C)c(C(=O)OCOCC2CC2)c1N. The van der Waals surface area contributed by atoms with Crippen LogP contribution in [0.25, 0.3) is 0 Å². The molecule has 2 rings (SSSR count). The highest BCUT2D eigenvalue weighted by Crippen LogP contribution is 2.28. The Morgan fingerprint density at radius 3 is 2.83 bits per heavy atom. The van der Waals surface area contributed by atoms with Gasteiger partial charge < -0.3 is 15.2 Å². The number of aryl methyl sites for hydroxylation is 2. The Hall–Kier alpha value is -1.56. The molecular formula is C12H19N3O3. The molecule has 1 aromatic rings. The van der Waals surface area contributed by atoms with E-state index in [0.29, 0.717) is 36.0 Å². The fourth-order valence-corrected chi connectivity index (χ4v) is 1.76. The maximum absolute atomic E-state index is 11.8. The lowest BCUT2D eigenvalue weighted by molar-refractivity contribution is -0.0350. The van der Waals surface area contributed by atoms with Crippen LogP contribution in [0.15, 0.2) is 0 Å². The third-order valence-corrected chi connectivity index (χ3v) is 3.01. The fourth-order valence-electron chi connectivity index (χ4n) is 1.76. The maximum Gasteiger partial charge on any atom is 0.360 e. The van der Waals surface area contributed by atoms with E-state index in [1.165, 1.54) is 17.5 Å². The quantitative estimate of drug-likeness (QED) is 0.466. The first-order valence-electron chi connectivity index (χ1n) is 6.19. The smallest absolute Gasteiger partial charge is 0.360 e. The van der Waals surface area contributed by atoms with Gasteiger partial charge in [-0.15, -0.1) is 0 Å². The largest absolute Gasteiger partial charge is 0.434 e. The number of nitrogens with two attached hydrogens (primary N) is 1. The molecule has 0 aromatic carbocycles. The lowest BCUT2D eigenvalue weighted by Crippen LogP contribution is -2.15. The summed E-state index contributed by atoms with van der Waals surface area (Å²) in [5, 5.41) is 4.17. The van der Waals surface area contributed by atoms with E-state index in [9.17, 15) is 4.79 Å². The van der Waals surface area contributed by atoms with Gasteiger partial charge in [0.1, 0.15) is 0 Å². The Kier molecular flexibility index (Phi) is 3.86. The molecule has 0 amide bonds. The van der Waals surface area contributed by atoms with Gasteiger partial charge in [0, 0.05) is 7.05 Å². The van der Waals surface area contributed by atoms with Crippen LogP contribution in [-0.2, 0) is 22.9 Å². The maximum atomic E-state index is 11.8. The highest BCUT2D eigenvalue weighted by Gasteiger charge is 2.23. The van der Waals surface area contributed by atoms with Gasteiger partial charge in [-0.2, -0.15) is 5.10 Å². The molecule has 100 valence electrons. The summed E-state index contributed by atoms with van der Waals surface area (Å²) in [6.45, 7) is 2.57. The van der Waals surface area contributed by atoms with Crippen molar-refractivity contribution in [1.29, 1.82) is 0 Å². The molecule has 0 bridgehead atoms. The van der Waals surface area contributed by atoms with E-state index in [4.69, 9.17) is 15.2 Å². The van der Waals surface area contributed by atoms with Crippen molar-refractivity contribution in [2.75, 3.05) is 19.1 Å². The topological polar surface area (TPSA) is 79.4 Å². The van der Waals surface area contributed by atoms with Crippen LogP contribution < -0.4 is 5.73 Å². The Morgan fingerprint density at radius 2 is 2.28 bits per heavy atom. The number of nitrogens with zero attached hydrogens (tertiary/aromatic N) is 2. The normalized spacial score (nSPS) is 14.8. The lowest BCUT2D eigenvalue weighted by Gasteiger charge is -2.06. The molecule has 0 atom stereocenters. The van der Waals surface area contributed by atoms with Crippen molar-refractivity contribution in [3.05, 3.63) is 11.4 Å². The Balaban J connectivity index is 1.88. The molecule has 0 unspecified atom stereocenters. The Morgan fingerprint density at radius 1 is 1.56 bits per heavy atom. The van der Waals surface area contributed by atoms with Gasteiger partial charge in [-0.25, -0.2) is 4.79 Å². The molecule has 1 aliphatic rings. The zero-order chi connectivity index (χ0) is 13.1. The van der Waals surface area contributed by atoms with Crippen molar-refractivity contribution in [3.63, 3.8) is 0 Å². The zero-order valence-corrected chi connectivity index (χ0v) is 10.8. The summed E-state index contributed by atoms with van der Waals surface area (Å²) in [6.07, 6.45) is 3.11. The third kappa shape index (κ3) is 2.81. The fraction of sp³-hybridized carbons (Fsp3) is 0.667. The van der Waals surface area contributed by atoms with Gasteiger partial charge in [0.25, 0.3) is 0 Å². The van der Waals surface area contributed by atoms with E-state index >= 15 is 0 Å². The van der Waals surface area contributed by atoms with Crippen molar-refractivity contribution in [1.82, 2.24) is 9.78 Å². The molecular weight excluding hydrogens is 234 g/mol. The number of hydrogen-bond donors (Lipinski definition) is 1. The second-order valence-electron chi connectivity index (χ2n) is 4.55. The predicted octanol–water partition coefficient (Wildman–Crippen LogP) is 1.11. The van der Waals surface area contributed by atoms with Crippen molar-refractivity contribution in [2.24, 2.45) is 13.0 Å². The molecule has 6 heteroatoms. The molecule has 1 aromatic heterocycles. The van der Waals surface area contributed by atoms with Crippen LogP contribution in [0.4, 0.5) is 5.69 Å². The van der Waals surface area contributed by atoms with Gasteiger partial charge in [0.05, 0.1) is 18.0 Å². The molecule has 18 heavy (non-hydrogen) atoms. The second-order valence-corrected chi connectivity index (χ2v) is 4.55. The minimum atomic E-state index is -0.488. The van der Waals surface area contributed by atoms with Gasteiger partial charge in [-0.05, 0) is 25.2 Å². The third-order valence-electron chi connectivity index (χ3n) is 3.01. The molecule has 1 aliphatic carbocycles. The van der Waals surface area contributed by atoms with Gasteiger partial charge >= 0.3 is 5.97 Å². The number of aromatic nitrogens is 2. The van der Waals surface area contributed by atoms with Crippen LogP contribution in [0.2, 0.25) is 0 Å². The highest BCUT2D eigenvalue weighted by atomic mass is 16.7. The zero-order valence-electron chi connectivity index (χ0n) is 10.8. The molecule has 0 saturated heterocycles. The van der Waals surface area contributed by atoms with Crippen LogP contribution in [-0.4, -0.2) is 29.1 Å². The number of nitrogen functional groups attached to an aromatic ring is 1. The predicted molar refractivity (Wildman–Crippen MR) is 66.0 cm³/mol. The summed E-state index contributed by atoms with van der Waals surface area (Å²) < 4.78 is 11.7. The van der Waals surface area contributed by atoms with Crippen LogP contribution in [0, 0.1) is 5.92 Å². The summed E-state index contributed by atoms with van der Waals surface area (Å²) in [5.74, 6) is 0.162. The molecule has 1 saturated carbocycles. The number of hydrogen-bond acceptors (Lipinski definition) is 5. The average Bonchev–Trinajstić information content (AvgIpc) is 3.11. The Labute approximate surface area is 106 Å². The molecule has 6 nitrogen and oxygen atoms in total. The molecule has 1 heterocycles. The molecule has 0 aliphatic heterocycles. The van der Waals surface area contributed by atoms with Crippen LogP contribution >= 0.6 is 0 Å². The summed E-state index contributed by atoms with van der Waals surface area (Å²) in [6, 6.07) is 0. The first-order chi connectivity index (χ1) is 8.63. The minimum Gasteiger partial charge on any atom is -0.434 e. The molecule has 2 N–H and O–H groups in total. The summed E-state index contributed by atoms with van der Waals surface area (Å²) in [7, 11) is 1.68. The van der Waals surface area contributed by atoms with E-state index in [1.807, 2.05) is 6.92 Å². The van der Waals surface area contributed by atoms with Gasteiger partial charge in [-0.1, -0.05) is 6.92 Å². The molecule has 0 radical (unpaired) electrons. The Bertz CT molecular complexity index is 438. The van der Waals surface area contributed by atoms with E-state index in [0.717, 1.165) is 0 Å². The summed E-state index contributed by atoms with van der Waals surface area (Å²) in [4.78, 5) is 11.8. The van der Waals surface area contributed by atoms with Crippen LogP contribution in [0.3, 0.4) is 0 Å². The van der Waals surface area contributed by atoms with Gasteiger partial charge in [0.15, 0.2) is 12.5 Å². The van der Waals surface area contributed by atoms with Crippen LogP contribution in [0.5, 0.6) is 0 Å². The van der Waals surface area contributed by atoms with Crippen molar-refractivity contribution in [2.45, 2.75) is 26.2 Å². The van der Waals surface area contributed by atoms with Crippen molar-refractivity contribution in [3.8, 4) is 0 Å². The molecule has 1 fully saturated rings.